The predicted octanol–water partition coefficient (Wildman–Crippen LogP) is 2.00. The second-order valence-corrected chi connectivity index (χ2v) is 8.48. The lowest BCUT2D eigenvalue weighted by molar-refractivity contribution is 0.182. The Bertz CT molecular complexity index is 783. The smallest absolute Gasteiger partial charge is 0.250 e. The number of ether oxygens (including phenoxy) is 1. The number of hydrogen-bond acceptors (Lipinski definition) is 5. The monoisotopic (exact) mass is 339 g/mol. The van der Waals surface area contributed by atoms with E-state index in [4.69, 9.17) is 4.74 Å². The maximum absolute atomic E-state index is 12.1. The van der Waals surface area contributed by atoms with Crippen LogP contribution in [-0.4, -0.2) is 26.7 Å². The molecule has 7 heteroatoms. The van der Waals surface area contributed by atoms with E-state index < -0.39 is 16.1 Å². The minimum absolute atomic E-state index is 0.0566. The van der Waals surface area contributed by atoms with Gasteiger partial charge in [0.05, 0.1) is 12.7 Å². The molecule has 2 aromatic rings. The maximum Gasteiger partial charge on any atom is 0.250 e. The fraction of sp³-hybridized carbons (Fsp3) is 0.333. The summed E-state index contributed by atoms with van der Waals surface area (Å²) in [5.74, 6) is 0.839. The molecular weight excluding hydrogens is 322 g/mol. The van der Waals surface area contributed by atoms with Crippen LogP contribution in [-0.2, 0) is 16.4 Å². The summed E-state index contributed by atoms with van der Waals surface area (Å²) in [5.41, 5.74) is 1.74. The molecule has 0 aliphatic carbocycles. The standard InChI is InChI=1S/C15H17NO4S2/c1-10-2-5-15(21-10)22(18,19)16-9-13(17)11-3-4-14-12(8-11)6-7-20-14/h2-5,8,13,16-17H,6-7,9H2,1H3. The summed E-state index contributed by atoms with van der Waals surface area (Å²) in [4.78, 5) is 0.930. The third kappa shape index (κ3) is 3.17. The lowest BCUT2D eigenvalue weighted by Crippen LogP contribution is -2.28. The van der Waals surface area contributed by atoms with Gasteiger partial charge in [0, 0.05) is 17.8 Å². The van der Waals surface area contributed by atoms with E-state index in [1.165, 1.54) is 11.3 Å². The minimum atomic E-state index is -3.57. The molecule has 3 rings (SSSR count). The second-order valence-electron chi connectivity index (χ2n) is 5.20. The zero-order valence-electron chi connectivity index (χ0n) is 12.1. The highest BCUT2D eigenvalue weighted by Crippen LogP contribution is 2.28. The summed E-state index contributed by atoms with van der Waals surface area (Å²) in [7, 11) is -3.57. The molecule has 2 heterocycles. The third-order valence-electron chi connectivity index (χ3n) is 3.55. The van der Waals surface area contributed by atoms with Gasteiger partial charge in [-0.2, -0.15) is 0 Å². The van der Waals surface area contributed by atoms with Crippen molar-refractivity contribution in [2.24, 2.45) is 0 Å². The summed E-state index contributed by atoms with van der Waals surface area (Å²) >= 11 is 1.21. The Morgan fingerprint density at radius 2 is 2.18 bits per heavy atom. The highest BCUT2D eigenvalue weighted by atomic mass is 32.2. The van der Waals surface area contributed by atoms with Crippen molar-refractivity contribution in [3.8, 4) is 5.75 Å². The third-order valence-corrected chi connectivity index (χ3v) is 6.46. The van der Waals surface area contributed by atoms with Crippen LogP contribution in [0.1, 0.15) is 22.1 Å². The van der Waals surface area contributed by atoms with Crippen LogP contribution >= 0.6 is 11.3 Å². The van der Waals surface area contributed by atoms with Crippen LogP contribution in [0.4, 0.5) is 0 Å². The van der Waals surface area contributed by atoms with E-state index in [0.717, 1.165) is 22.6 Å². The molecule has 0 saturated heterocycles. The molecule has 5 nitrogen and oxygen atoms in total. The van der Waals surface area contributed by atoms with Gasteiger partial charge in [0.2, 0.25) is 10.0 Å². The van der Waals surface area contributed by atoms with E-state index in [0.29, 0.717) is 12.2 Å². The molecule has 1 aliphatic heterocycles. The molecule has 118 valence electrons. The Kier molecular flexibility index (Phi) is 4.22. The second kappa shape index (κ2) is 6.00. The number of aliphatic hydroxyl groups is 1. The number of rotatable bonds is 5. The molecule has 1 aromatic heterocycles. The van der Waals surface area contributed by atoms with Crippen LogP contribution in [0, 0.1) is 6.92 Å². The van der Waals surface area contributed by atoms with E-state index in [2.05, 4.69) is 4.72 Å². The summed E-state index contributed by atoms with van der Waals surface area (Å²) < 4.78 is 32.4. The summed E-state index contributed by atoms with van der Waals surface area (Å²) in [5, 5.41) is 10.2. The molecule has 0 fully saturated rings. The van der Waals surface area contributed by atoms with Crippen LogP contribution < -0.4 is 9.46 Å². The number of aliphatic hydroxyl groups excluding tert-OH is 1. The van der Waals surface area contributed by atoms with Gasteiger partial charge in [-0.15, -0.1) is 11.3 Å². The predicted molar refractivity (Wildman–Crippen MR) is 84.8 cm³/mol. The molecule has 0 bridgehead atoms. The lowest BCUT2D eigenvalue weighted by Gasteiger charge is -2.13. The number of nitrogens with one attached hydrogen (secondary N) is 1. The summed E-state index contributed by atoms with van der Waals surface area (Å²) in [6.45, 7) is 2.45. The van der Waals surface area contributed by atoms with Crippen LogP contribution in [0.25, 0.3) is 0 Å². The molecule has 2 N–H and O–H groups in total. The normalized spacial score (nSPS) is 15.4. The molecule has 22 heavy (non-hydrogen) atoms. The molecule has 0 spiro atoms. The first kappa shape index (κ1) is 15.5. The first-order chi connectivity index (χ1) is 10.5. The van der Waals surface area contributed by atoms with Crippen molar-refractivity contribution in [2.45, 2.75) is 23.7 Å². The molecule has 1 unspecified atom stereocenters. The van der Waals surface area contributed by atoms with E-state index >= 15 is 0 Å². The fourth-order valence-electron chi connectivity index (χ4n) is 2.35. The quantitative estimate of drug-likeness (QED) is 0.874. The van der Waals surface area contributed by atoms with Gasteiger partial charge in [0.25, 0.3) is 0 Å². The van der Waals surface area contributed by atoms with Crippen molar-refractivity contribution in [2.75, 3.05) is 13.2 Å². The zero-order valence-corrected chi connectivity index (χ0v) is 13.7. The Balaban J connectivity index is 1.68. The Morgan fingerprint density at radius 3 is 2.91 bits per heavy atom. The van der Waals surface area contributed by atoms with Crippen molar-refractivity contribution >= 4 is 21.4 Å². The molecule has 0 radical (unpaired) electrons. The van der Waals surface area contributed by atoms with Gasteiger partial charge in [0.15, 0.2) is 0 Å². The van der Waals surface area contributed by atoms with Crippen molar-refractivity contribution in [1.29, 1.82) is 0 Å². The summed E-state index contributed by atoms with van der Waals surface area (Å²) in [6, 6.07) is 8.78. The van der Waals surface area contributed by atoms with Crippen LogP contribution in [0.5, 0.6) is 5.75 Å². The van der Waals surface area contributed by atoms with E-state index in [-0.39, 0.29) is 10.8 Å². The SMILES string of the molecule is Cc1ccc(S(=O)(=O)NCC(O)c2ccc3c(c2)CCO3)s1. The van der Waals surface area contributed by atoms with E-state index in [1.54, 1.807) is 18.2 Å². The average molecular weight is 339 g/mol. The van der Waals surface area contributed by atoms with Crippen LogP contribution in [0.3, 0.4) is 0 Å². The topological polar surface area (TPSA) is 75.6 Å². The van der Waals surface area contributed by atoms with Gasteiger partial charge < -0.3 is 9.84 Å². The van der Waals surface area contributed by atoms with Crippen molar-refractivity contribution < 1.29 is 18.3 Å². The van der Waals surface area contributed by atoms with Gasteiger partial charge in [-0.3, -0.25) is 0 Å². The Hall–Kier alpha value is -1.41. The van der Waals surface area contributed by atoms with Gasteiger partial charge >= 0.3 is 0 Å². The number of aryl methyl sites for hydroxylation is 1. The maximum atomic E-state index is 12.1. The van der Waals surface area contributed by atoms with E-state index in [9.17, 15) is 13.5 Å². The highest BCUT2D eigenvalue weighted by molar-refractivity contribution is 7.91. The zero-order chi connectivity index (χ0) is 15.7. The Morgan fingerprint density at radius 1 is 1.36 bits per heavy atom. The first-order valence-corrected chi connectivity index (χ1v) is 9.25. The van der Waals surface area contributed by atoms with Crippen molar-refractivity contribution in [1.82, 2.24) is 4.72 Å². The molecule has 1 aliphatic rings. The fourth-order valence-corrected chi connectivity index (χ4v) is 4.71. The minimum Gasteiger partial charge on any atom is -0.493 e. The number of sulfonamides is 1. The van der Waals surface area contributed by atoms with Crippen LogP contribution in [0.2, 0.25) is 0 Å². The molecule has 1 atom stereocenters. The van der Waals surface area contributed by atoms with Crippen LogP contribution in [0.15, 0.2) is 34.5 Å². The van der Waals surface area contributed by atoms with Gasteiger partial charge in [-0.25, -0.2) is 13.1 Å². The largest absolute Gasteiger partial charge is 0.493 e. The molecule has 0 amide bonds. The Labute approximate surface area is 133 Å². The van der Waals surface area contributed by atoms with E-state index in [1.807, 2.05) is 19.1 Å². The molecule has 0 saturated carbocycles. The number of thiophene rings is 1. The molecular formula is C15H17NO4S2. The van der Waals surface area contributed by atoms with Gasteiger partial charge in [-0.1, -0.05) is 6.07 Å². The lowest BCUT2D eigenvalue weighted by atomic mass is 10.0. The highest BCUT2D eigenvalue weighted by Gasteiger charge is 2.20. The first-order valence-electron chi connectivity index (χ1n) is 6.95. The van der Waals surface area contributed by atoms with Crippen molar-refractivity contribution in [3.63, 3.8) is 0 Å². The molecule has 1 aromatic carbocycles. The van der Waals surface area contributed by atoms with Crippen molar-refractivity contribution in [3.05, 3.63) is 46.3 Å². The van der Waals surface area contributed by atoms with Gasteiger partial charge in [0.1, 0.15) is 9.96 Å². The number of hydrogen-bond donors (Lipinski definition) is 2. The number of fused-ring (bicyclic) bond motifs is 1. The van der Waals surface area contributed by atoms with Gasteiger partial charge in [-0.05, 0) is 42.3 Å². The summed E-state index contributed by atoms with van der Waals surface area (Å²) in [6.07, 6.45) is -0.0717. The average Bonchev–Trinajstić information content (AvgIpc) is 3.12. The number of benzene rings is 1.